The standard InChI is InChI=1S/C21H30FNO3/c1-14(2)13-23-7-5-15(6-8-23)11-21(22)12-16-9-18(25-3)19(26-4)10-17(16)20(21)24/h9-10,14-15H,5-8,11-13H2,1-4H3. The van der Waals surface area contributed by atoms with E-state index in [0.29, 0.717) is 29.4 Å². The lowest BCUT2D eigenvalue weighted by Gasteiger charge is -2.35. The lowest BCUT2D eigenvalue weighted by molar-refractivity contribution is 0.0585. The summed E-state index contributed by atoms with van der Waals surface area (Å²) in [7, 11) is 3.08. The number of likely N-dealkylation sites (tertiary alicyclic amines) is 1. The van der Waals surface area contributed by atoms with Crippen LogP contribution in [0.1, 0.15) is 49.0 Å². The minimum absolute atomic E-state index is 0.147. The molecular formula is C21H30FNO3. The van der Waals surface area contributed by atoms with E-state index in [1.165, 1.54) is 7.11 Å². The van der Waals surface area contributed by atoms with E-state index in [-0.39, 0.29) is 12.3 Å². The number of rotatable bonds is 6. The van der Waals surface area contributed by atoms with Gasteiger partial charge in [-0.15, -0.1) is 0 Å². The predicted molar refractivity (Wildman–Crippen MR) is 100 cm³/mol. The van der Waals surface area contributed by atoms with Gasteiger partial charge in [0.2, 0.25) is 5.78 Å². The van der Waals surface area contributed by atoms with Crippen LogP contribution in [0.5, 0.6) is 11.5 Å². The highest BCUT2D eigenvalue weighted by Gasteiger charge is 2.48. The molecule has 144 valence electrons. The minimum Gasteiger partial charge on any atom is -0.493 e. The molecule has 1 aliphatic heterocycles. The van der Waals surface area contributed by atoms with Crippen molar-refractivity contribution in [3.63, 3.8) is 0 Å². The van der Waals surface area contributed by atoms with Crippen LogP contribution in [-0.2, 0) is 6.42 Å². The van der Waals surface area contributed by atoms with E-state index in [2.05, 4.69) is 18.7 Å². The molecule has 1 aliphatic carbocycles. The fourth-order valence-corrected chi connectivity index (χ4v) is 4.41. The minimum atomic E-state index is -1.79. The van der Waals surface area contributed by atoms with Gasteiger partial charge in [-0.1, -0.05) is 13.8 Å². The molecule has 1 aromatic carbocycles. The summed E-state index contributed by atoms with van der Waals surface area (Å²) >= 11 is 0. The number of ketones is 1. The zero-order valence-corrected chi connectivity index (χ0v) is 16.3. The highest BCUT2D eigenvalue weighted by molar-refractivity contribution is 6.07. The maximum atomic E-state index is 15.6. The first-order valence-corrected chi connectivity index (χ1v) is 9.57. The summed E-state index contributed by atoms with van der Waals surface area (Å²) in [5.41, 5.74) is -0.611. The monoisotopic (exact) mass is 363 g/mol. The van der Waals surface area contributed by atoms with Crippen LogP contribution >= 0.6 is 0 Å². The van der Waals surface area contributed by atoms with Gasteiger partial charge in [-0.3, -0.25) is 4.79 Å². The van der Waals surface area contributed by atoms with Crippen LogP contribution in [-0.4, -0.2) is 50.2 Å². The number of ether oxygens (including phenoxy) is 2. The summed E-state index contributed by atoms with van der Waals surface area (Å²) in [6.07, 6.45) is 2.40. The molecule has 0 radical (unpaired) electrons. The highest BCUT2D eigenvalue weighted by Crippen LogP contribution is 2.43. The Morgan fingerprint density at radius 1 is 1.19 bits per heavy atom. The van der Waals surface area contributed by atoms with Crippen LogP contribution in [0, 0.1) is 11.8 Å². The third-order valence-corrected chi connectivity index (χ3v) is 5.67. The third-order valence-electron chi connectivity index (χ3n) is 5.67. The number of piperidine rings is 1. The van der Waals surface area contributed by atoms with E-state index in [0.717, 1.165) is 38.0 Å². The average Bonchev–Trinajstić information content (AvgIpc) is 2.85. The van der Waals surface area contributed by atoms with Gasteiger partial charge in [0.1, 0.15) is 0 Å². The van der Waals surface area contributed by atoms with Crippen LogP contribution in [0.15, 0.2) is 12.1 Å². The van der Waals surface area contributed by atoms with Crippen molar-refractivity contribution in [2.24, 2.45) is 11.8 Å². The van der Waals surface area contributed by atoms with Crippen molar-refractivity contribution < 1.29 is 18.7 Å². The first kappa shape index (κ1) is 19.2. The molecule has 1 saturated heterocycles. The first-order valence-electron chi connectivity index (χ1n) is 9.57. The first-order chi connectivity index (χ1) is 12.4. The molecule has 0 amide bonds. The number of hydrogen-bond donors (Lipinski definition) is 0. The van der Waals surface area contributed by atoms with Gasteiger partial charge in [0.25, 0.3) is 0 Å². The van der Waals surface area contributed by atoms with Crippen molar-refractivity contribution in [1.29, 1.82) is 0 Å². The molecule has 0 aromatic heterocycles. The van der Waals surface area contributed by atoms with E-state index in [1.807, 2.05) is 0 Å². The second-order valence-corrected chi connectivity index (χ2v) is 8.18. The fraction of sp³-hybridized carbons (Fsp3) is 0.667. The van der Waals surface area contributed by atoms with Gasteiger partial charge < -0.3 is 14.4 Å². The Morgan fingerprint density at radius 2 is 1.81 bits per heavy atom. The number of benzene rings is 1. The maximum Gasteiger partial charge on any atom is 0.200 e. The second kappa shape index (κ2) is 7.55. The number of nitrogens with zero attached hydrogens (tertiary/aromatic N) is 1. The maximum absolute atomic E-state index is 15.6. The number of halogens is 1. The van der Waals surface area contributed by atoms with Gasteiger partial charge in [0.05, 0.1) is 14.2 Å². The van der Waals surface area contributed by atoms with Crippen LogP contribution in [0.2, 0.25) is 0 Å². The van der Waals surface area contributed by atoms with Crippen LogP contribution < -0.4 is 9.47 Å². The van der Waals surface area contributed by atoms with Crippen molar-refractivity contribution in [2.45, 2.75) is 45.2 Å². The van der Waals surface area contributed by atoms with Crippen LogP contribution in [0.4, 0.5) is 4.39 Å². The summed E-state index contributed by atoms with van der Waals surface area (Å²) in [5, 5.41) is 0. The molecule has 3 rings (SSSR count). The molecule has 1 aromatic rings. The van der Waals surface area contributed by atoms with E-state index in [1.54, 1.807) is 19.2 Å². The molecule has 1 fully saturated rings. The topological polar surface area (TPSA) is 38.8 Å². The molecule has 0 N–H and O–H groups in total. The van der Waals surface area contributed by atoms with Crippen molar-refractivity contribution in [1.82, 2.24) is 4.90 Å². The number of hydrogen-bond acceptors (Lipinski definition) is 4. The molecule has 0 saturated carbocycles. The number of methoxy groups -OCH3 is 2. The Labute approximate surface area is 155 Å². The molecule has 0 bridgehead atoms. The fourth-order valence-electron chi connectivity index (χ4n) is 4.41. The summed E-state index contributed by atoms with van der Waals surface area (Å²) in [4.78, 5) is 15.2. The zero-order chi connectivity index (χ0) is 18.9. The Morgan fingerprint density at radius 3 is 2.38 bits per heavy atom. The van der Waals surface area contributed by atoms with Gasteiger partial charge in [-0.25, -0.2) is 4.39 Å². The normalized spacial score (nSPS) is 24.2. The third kappa shape index (κ3) is 3.73. The lowest BCUT2D eigenvalue weighted by atomic mass is 9.83. The Balaban J connectivity index is 1.68. The van der Waals surface area contributed by atoms with Gasteiger partial charge in [0, 0.05) is 18.5 Å². The summed E-state index contributed by atoms with van der Waals surface area (Å²) in [6.45, 7) is 7.54. The van der Waals surface area contributed by atoms with E-state index >= 15 is 4.39 Å². The molecule has 1 atom stereocenters. The Bertz CT molecular complexity index is 667. The number of carbonyl (C=O) groups is 1. The molecule has 1 unspecified atom stereocenters. The summed E-state index contributed by atoms with van der Waals surface area (Å²) in [6, 6.07) is 3.38. The van der Waals surface area contributed by atoms with Crippen molar-refractivity contribution in [3.05, 3.63) is 23.3 Å². The van der Waals surface area contributed by atoms with Gasteiger partial charge in [-0.05, 0) is 61.9 Å². The molecule has 0 spiro atoms. The molecule has 26 heavy (non-hydrogen) atoms. The van der Waals surface area contributed by atoms with E-state index in [4.69, 9.17) is 9.47 Å². The second-order valence-electron chi connectivity index (χ2n) is 8.18. The molecule has 1 heterocycles. The largest absolute Gasteiger partial charge is 0.493 e. The SMILES string of the molecule is COc1cc2c(cc1OC)C(=O)C(F)(CC1CCN(CC(C)C)CC1)C2. The van der Waals surface area contributed by atoms with E-state index < -0.39 is 11.5 Å². The highest BCUT2D eigenvalue weighted by atomic mass is 19.1. The van der Waals surface area contributed by atoms with E-state index in [9.17, 15) is 4.79 Å². The smallest absolute Gasteiger partial charge is 0.200 e. The number of alkyl halides is 1. The van der Waals surface area contributed by atoms with Crippen molar-refractivity contribution in [3.8, 4) is 11.5 Å². The van der Waals surface area contributed by atoms with Gasteiger partial charge in [-0.2, -0.15) is 0 Å². The number of fused-ring (bicyclic) bond motifs is 1. The average molecular weight is 363 g/mol. The number of carbonyl (C=O) groups excluding carboxylic acids is 1. The van der Waals surface area contributed by atoms with Crippen LogP contribution in [0.3, 0.4) is 0 Å². The van der Waals surface area contributed by atoms with Gasteiger partial charge >= 0.3 is 0 Å². The molecule has 4 nitrogen and oxygen atoms in total. The molecular weight excluding hydrogens is 333 g/mol. The van der Waals surface area contributed by atoms with Crippen molar-refractivity contribution >= 4 is 5.78 Å². The summed E-state index contributed by atoms with van der Waals surface area (Å²) < 4.78 is 26.2. The molecule has 5 heteroatoms. The van der Waals surface area contributed by atoms with Gasteiger partial charge in [0.15, 0.2) is 17.2 Å². The quantitative estimate of drug-likeness (QED) is 0.768. The zero-order valence-electron chi connectivity index (χ0n) is 16.3. The molecule has 2 aliphatic rings. The Hall–Kier alpha value is -1.62. The number of Topliss-reactive ketones (excluding diaryl/α,β-unsaturated/α-hetero) is 1. The lowest BCUT2D eigenvalue weighted by Crippen LogP contribution is -2.40. The van der Waals surface area contributed by atoms with Crippen LogP contribution in [0.25, 0.3) is 0 Å². The Kier molecular flexibility index (Phi) is 5.56. The summed E-state index contributed by atoms with van der Waals surface area (Å²) in [5.74, 6) is 1.55. The van der Waals surface area contributed by atoms with Crippen molar-refractivity contribution in [2.75, 3.05) is 33.9 Å². The predicted octanol–water partition coefficient (Wildman–Crippen LogP) is 3.91.